The lowest BCUT2D eigenvalue weighted by atomic mass is 9.69. The minimum absolute atomic E-state index is 0.0830. The summed E-state index contributed by atoms with van der Waals surface area (Å²) >= 11 is 0. The molecule has 1 aromatic heterocycles. The van der Waals surface area contributed by atoms with Gasteiger partial charge in [0.15, 0.2) is 5.84 Å². The highest BCUT2D eigenvalue weighted by Crippen LogP contribution is 2.50. The van der Waals surface area contributed by atoms with Crippen molar-refractivity contribution in [1.29, 1.82) is 0 Å². The predicted octanol–water partition coefficient (Wildman–Crippen LogP) is 13.3. The van der Waals surface area contributed by atoms with Gasteiger partial charge in [-0.15, -0.1) is 0 Å². The molecule has 0 spiro atoms. The lowest BCUT2D eigenvalue weighted by Crippen LogP contribution is -2.35. The largest absolute Gasteiger partial charge is 0.456 e. The molecule has 0 radical (unpaired) electrons. The Labute approximate surface area is 343 Å². The van der Waals surface area contributed by atoms with Crippen molar-refractivity contribution in [2.24, 2.45) is 15.9 Å². The summed E-state index contributed by atoms with van der Waals surface area (Å²) in [6.45, 7) is 0. The zero-order valence-electron chi connectivity index (χ0n) is 32.3. The number of para-hydroxylation sites is 1. The molecule has 1 N–H and O–H groups in total. The number of hydrogen-bond acceptors (Lipinski definition) is 4. The quantitative estimate of drug-likeness (QED) is 0.190. The van der Waals surface area contributed by atoms with Gasteiger partial charge in [-0.25, -0.2) is 9.98 Å². The van der Waals surface area contributed by atoms with Crippen LogP contribution in [-0.2, 0) is 0 Å². The van der Waals surface area contributed by atoms with Crippen LogP contribution in [0, 0.1) is 5.92 Å². The Balaban J connectivity index is 1.09. The first kappa shape index (κ1) is 33.8. The lowest BCUT2D eigenvalue weighted by Gasteiger charge is -2.35. The minimum Gasteiger partial charge on any atom is -0.456 e. The fourth-order valence-corrected chi connectivity index (χ4v) is 9.76. The summed E-state index contributed by atoms with van der Waals surface area (Å²) in [5.74, 6) is 1.98. The highest BCUT2D eigenvalue weighted by molar-refractivity contribution is 6.23. The number of rotatable bonds is 5. The second-order valence-corrected chi connectivity index (χ2v) is 16.0. The zero-order chi connectivity index (χ0) is 38.9. The fraction of sp³-hybridized carbons (Fsp3) is 0.0909. The van der Waals surface area contributed by atoms with Gasteiger partial charge in [0.2, 0.25) is 0 Å². The summed E-state index contributed by atoms with van der Waals surface area (Å²) in [6.07, 6.45) is 13.3. The Morgan fingerprint density at radius 3 is 2.42 bits per heavy atom. The van der Waals surface area contributed by atoms with Gasteiger partial charge < -0.3 is 9.73 Å². The van der Waals surface area contributed by atoms with Gasteiger partial charge in [-0.1, -0.05) is 164 Å². The van der Waals surface area contributed by atoms with Crippen molar-refractivity contribution in [2.75, 3.05) is 0 Å². The summed E-state index contributed by atoms with van der Waals surface area (Å²) in [5, 5.41) is 8.41. The van der Waals surface area contributed by atoms with Crippen molar-refractivity contribution >= 4 is 50.0 Å². The number of amidine groups is 2. The van der Waals surface area contributed by atoms with Gasteiger partial charge in [0.25, 0.3) is 0 Å². The number of aliphatic imine (C=N–C) groups is 2. The first-order valence-electron chi connectivity index (χ1n) is 20.6. The average molecular weight is 758 g/mol. The Kier molecular flexibility index (Phi) is 7.83. The van der Waals surface area contributed by atoms with E-state index in [1.54, 1.807) is 0 Å². The van der Waals surface area contributed by atoms with E-state index in [4.69, 9.17) is 14.4 Å². The first-order valence-corrected chi connectivity index (χ1v) is 20.6. The van der Waals surface area contributed by atoms with Crippen molar-refractivity contribution in [2.45, 2.75) is 24.9 Å². The molecule has 8 aromatic rings. The van der Waals surface area contributed by atoms with Crippen LogP contribution in [0.3, 0.4) is 0 Å². The monoisotopic (exact) mass is 757 g/mol. The highest BCUT2D eigenvalue weighted by atomic mass is 16.3. The Bertz CT molecular complexity index is 3210. The number of nitrogens with one attached hydrogen (secondary N) is 1. The summed E-state index contributed by atoms with van der Waals surface area (Å²) in [7, 11) is 0. The third-order valence-electron chi connectivity index (χ3n) is 12.6. The molecule has 2 heterocycles. The van der Waals surface area contributed by atoms with Gasteiger partial charge in [-0.2, -0.15) is 0 Å². The molecule has 4 nitrogen and oxygen atoms in total. The third kappa shape index (κ3) is 5.74. The molecule has 12 rings (SSSR count). The van der Waals surface area contributed by atoms with Crippen molar-refractivity contribution < 1.29 is 4.42 Å². The molecule has 0 saturated heterocycles. The molecule has 7 aromatic carbocycles. The Morgan fingerprint density at radius 1 is 0.644 bits per heavy atom. The predicted molar refractivity (Wildman–Crippen MR) is 243 cm³/mol. The van der Waals surface area contributed by atoms with Crippen LogP contribution < -0.4 is 5.32 Å². The van der Waals surface area contributed by atoms with Gasteiger partial charge in [0.1, 0.15) is 23.2 Å². The van der Waals surface area contributed by atoms with Crippen molar-refractivity contribution in [3.63, 3.8) is 0 Å². The van der Waals surface area contributed by atoms with Crippen molar-refractivity contribution in [1.82, 2.24) is 5.32 Å². The van der Waals surface area contributed by atoms with E-state index in [0.717, 1.165) is 68.3 Å². The standard InChI is InChI=1S/C55H39N3O/c1-2-13-34(14-3-1)37-19-12-20-40(29-37)53-56-54(41-26-25-35-15-4-5-16-36(35)30-41)58-55(57-53)52-45(27-28-50-51(52)46-23-10-11-24-49(46)59-50)48-33-42-31-38-17-6-7-18-39(38)32-47(42)43-21-8-9-22-44(43)48/h1-16,18-32,38,48,53H,17,33H2,(H,56,57,58)/t38?,48-,53?/m1/s1. The van der Waals surface area contributed by atoms with Crippen LogP contribution in [0.5, 0.6) is 0 Å². The topological polar surface area (TPSA) is 49.9 Å². The summed E-state index contributed by atoms with van der Waals surface area (Å²) in [6, 6.07) is 56.2. The second kappa shape index (κ2) is 13.7. The molecule has 4 aliphatic rings. The molecular formula is C55H39N3O. The number of fused-ring (bicyclic) bond motifs is 8. The van der Waals surface area contributed by atoms with Gasteiger partial charge in [-0.05, 0) is 98.0 Å². The molecule has 0 bridgehead atoms. The number of nitrogens with zero attached hydrogens (tertiary/aromatic N) is 2. The molecule has 3 atom stereocenters. The van der Waals surface area contributed by atoms with Crippen LogP contribution in [0.4, 0.5) is 0 Å². The van der Waals surface area contributed by atoms with Crippen LogP contribution in [0.1, 0.15) is 58.3 Å². The molecule has 0 saturated carbocycles. The number of allylic oxidation sites excluding steroid dienone is 8. The summed E-state index contributed by atoms with van der Waals surface area (Å²) in [4.78, 5) is 10.9. The van der Waals surface area contributed by atoms with Crippen molar-refractivity contribution in [3.05, 3.63) is 233 Å². The van der Waals surface area contributed by atoms with E-state index < -0.39 is 6.17 Å². The van der Waals surface area contributed by atoms with Crippen LogP contribution in [0.2, 0.25) is 0 Å². The molecule has 4 heteroatoms. The molecule has 0 fully saturated rings. The molecule has 280 valence electrons. The van der Waals surface area contributed by atoms with E-state index in [1.807, 2.05) is 6.07 Å². The number of furan rings is 1. The maximum absolute atomic E-state index is 6.63. The molecular weight excluding hydrogens is 719 g/mol. The Morgan fingerprint density at radius 2 is 1.47 bits per heavy atom. The van der Waals surface area contributed by atoms with Crippen molar-refractivity contribution in [3.8, 4) is 11.1 Å². The van der Waals surface area contributed by atoms with E-state index in [9.17, 15) is 0 Å². The fourth-order valence-electron chi connectivity index (χ4n) is 9.76. The van der Waals surface area contributed by atoms with Crippen LogP contribution in [0.25, 0.3) is 49.4 Å². The van der Waals surface area contributed by atoms with Gasteiger partial charge in [-0.3, -0.25) is 0 Å². The maximum Gasteiger partial charge on any atom is 0.159 e. The zero-order valence-corrected chi connectivity index (χ0v) is 32.3. The van der Waals surface area contributed by atoms with E-state index in [1.165, 1.54) is 44.4 Å². The van der Waals surface area contributed by atoms with Gasteiger partial charge in [0.05, 0.1) is 0 Å². The SMILES string of the molecule is C1=CCC2C=C3C[C@@H](c4ccc5oc6ccccc6c5c4C4=NC(c5ccc6ccccc6c5)=NC(c5cccc(-c6ccccc6)c5)N4)c4ccccc4C3=CC2=C1. The van der Waals surface area contributed by atoms with E-state index in [-0.39, 0.29) is 5.92 Å². The Hall–Kier alpha value is -7.30. The average Bonchev–Trinajstić information content (AvgIpc) is 3.69. The summed E-state index contributed by atoms with van der Waals surface area (Å²) in [5.41, 5.74) is 15.2. The maximum atomic E-state index is 6.63. The highest BCUT2D eigenvalue weighted by Gasteiger charge is 2.35. The lowest BCUT2D eigenvalue weighted by molar-refractivity contribution is 0.666. The molecule has 59 heavy (non-hydrogen) atoms. The smallest absolute Gasteiger partial charge is 0.159 e. The van der Waals surface area contributed by atoms with E-state index >= 15 is 0 Å². The molecule has 3 aliphatic carbocycles. The second-order valence-electron chi connectivity index (χ2n) is 16.0. The van der Waals surface area contributed by atoms with Gasteiger partial charge >= 0.3 is 0 Å². The first-order chi connectivity index (χ1) is 29.2. The molecule has 0 amide bonds. The number of hydrogen-bond donors (Lipinski definition) is 1. The van der Waals surface area contributed by atoms with Crippen LogP contribution in [0.15, 0.2) is 214 Å². The van der Waals surface area contributed by atoms with Gasteiger partial charge in [0, 0.05) is 33.7 Å². The minimum atomic E-state index is -0.396. The van der Waals surface area contributed by atoms with Crippen LogP contribution in [-0.4, -0.2) is 11.7 Å². The molecule has 1 aliphatic heterocycles. The number of benzene rings is 7. The molecule has 2 unspecified atom stereocenters. The normalized spacial score (nSPS) is 19.5. The summed E-state index contributed by atoms with van der Waals surface area (Å²) < 4.78 is 6.63. The van der Waals surface area contributed by atoms with E-state index in [0.29, 0.717) is 11.8 Å². The van der Waals surface area contributed by atoms with E-state index in [2.05, 4.69) is 187 Å². The van der Waals surface area contributed by atoms with Crippen LogP contribution >= 0.6 is 0 Å². The third-order valence-corrected chi connectivity index (χ3v) is 12.6.